The highest BCUT2D eigenvalue weighted by Crippen LogP contribution is 2.31. The maximum atomic E-state index is 12.7. The van der Waals surface area contributed by atoms with Crippen LogP contribution in [0.3, 0.4) is 0 Å². The summed E-state index contributed by atoms with van der Waals surface area (Å²) in [6.45, 7) is 1.51. The van der Waals surface area contributed by atoms with E-state index in [1.54, 1.807) is 0 Å². The molecule has 3 atom stereocenters. The molecule has 0 bridgehead atoms. The number of nitrogens with two attached hydrogens (primary N) is 1. The van der Waals surface area contributed by atoms with Gasteiger partial charge in [0.1, 0.15) is 0 Å². The lowest BCUT2D eigenvalue weighted by molar-refractivity contribution is -0.136. The Morgan fingerprint density at radius 1 is 1.21 bits per heavy atom. The van der Waals surface area contributed by atoms with Gasteiger partial charge in [0.05, 0.1) is 11.8 Å². The molecule has 1 amide bonds. The third kappa shape index (κ3) is 4.57. The number of nitrogens with one attached hydrogen (secondary N) is 1. The number of hydrogen-bond donors (Lipinski definition) is 3. The topological polar surface area (TPSA) is 95.2 Å². The summed E-state index contributed by atoms with van der Waals surface area (Å²) >= 11 is 0. The molecule has 0 spiro atoms. The van der Waals surface area contributed by atoms with Crippen LogP contribution in [0, 0.1) is 5.92 Å². The van der Waals surface area contributed by atoms with Crippen molar-refractivity contribution < 1.29 is 9.90 Å². The molecule has 2 aromatic rings. The van der Waals surface area contributed by atoms with Crippen molar-refractivity contribution in [3.63, 3.8) is 0 Å². The first kappa shape index (κ1) is 20.8. The van der Waals surface area contributed by atoms with Gasteiger partial charge in [0.15, 0.2) is 0 Å². The van der Waals surface area contributed by atoms with Gasteiger partial charge in [0.2, 0.25) is 5.91 Å². The number of aromatic amines is 1. The second kappa shape index (κ2) is 9.07. The van der Waals surface area contributed by atoms with Gasteiger partial charge in [-0.1, -0.05) is 30.3 Å². The number of likely N-dealkylation sites (tertiary alicyclic amines) is 1. The minimum atomic E-state index is -0.538. The van der Waals surface area contributed by atoms with Gasteiger partial charge in [0, 0.05) is 43.1 Å². The average Bonchev–Trinajstić information content (AvgIpc) is 3.29. The molecule has 4 rings (SSSR count). The molecule has 1 aromatic heterocycles. The zero-order valence-electron chi connectivity index (χ0n) is 16.0. The lowest BCUT2D eigenvalue weighted by Gasteiger charge is -2.33. The van der Waals surface area contributed by atoms with E-state index in [-0.39, 0.29) is 30.3 Å². The zero-order chi connectivity index (χ0) is 18.8. The highest BCUT2D eigenvalue weighted by Gasteiger charge is 2.37. The summed E-state index contributed by atoms with van der Waals surface area (Å²) < 4.78 is 0. The van der Waals surface area contributed by atoms with Crippen molar-refractivity contribution in [1.29, 1.82) is 0 Å². The SMILES string of the molecule is Cl.N[C@@H]1C[C@H](C(=O)N2CCC(c3cc(Cc4ccccc4)[nH]n3)CC2)C[C@H]1O. The van der Waals surface area contributed by atoms with Crippen molar-refractivity contribution in [2.75, 3.05) is 13.1 Å². The van der Waals surface area contributed by atoms with Crippen molar-refractivity contribution >= 4 is 18.3 Å². The second-order valence-corrected chi connectivity index (χ2v) is 7.98. The van der Waals surface area contributed by atoms with Gasteiger partial charge in [-0.2, -0.15) is 5.10 Å². The predicted octanol–water partition coefficient (Wildman–Crippen LogP) is 2.23. The van der Waals surface area contributed by atoms with Crippen LogP contribution in [0.5, 0.6) is 0 Å². The molecule has 4 N–H and O–H groups in total. The van der Waals surface area contributed by atoms with E-state index in [4.69, 9.17) is 5.73 Å². The number of halogens is 1. The number of nitrogens with zero attached hydrogens (tertiary/aromatic N) is 2. The average molecular weight is 405 g/mol. The third-order valence-electron chi connectivity index (χ3n) is 6.04. The number of aliphatic hydroxyl groups is 1. The van der Waals surface area contributed by atoms with Gasteiger partial charge in [-0.05, 0) is 37.3 Å². The molecule has 0 unspecified atom stereocenters. The minimum absolute atomic E-state index is 0. The summed E-state index contributed by atoms with van der Waals surface area (Å²) in [5.74, 6) is 0.438. The van der Waals surface area contributed by atoms with Gasteiger partial charge in [-0.15, -0.1) is 12.4 Å². The lowest BCUT2D eigenvalue weighted by Crippen LogP contribution is -2.41. The van der Waals surface area contributed by atoms with Crippen LogP contribution in [0.4, 0.5) is 0 Å². The largest absolute Gasteiger partial charge is 0.391 e. The van der Waals surface area contributed by atoms with Crippen LogP contribution in [0.25, 0.3) is 0 Å². The number of carbonyl (C=O) groups excluding carboxylic acids is 1. The number of aliphatic hydroxyl groups excluding tert-OH is 1. The molecule has 2 aliphatic rings. The van der Waals surface area contributed by atoms with Crippen molar-refractivity contribution in [2.24, 2.45) is 11.7 Å². The van der Waals surface area contributed by atoms with Crippen LogP contribution in [-0.4, -0.2) is 51.3 Å². The fourth-order valence-electron chi connectivity index (χ4n) is 4.40. The summed E-state index contributed by atoms with van der Waals surface area (Å²) in [4.78, 5) is 14.6. The Bertz CT molecular complexity index is 764. The molecule has 2 fully saturated rings. The molecular weight excluding hydrogens is 376 g/mol. The molecular formula is C21H29ClN4O2. The summed E-state index contributed by atoms with van der Waals surface area (Å²) in [6.07, 6.45) is 3.29. The number of hydrogen-bond acceptors (Lipinski definition) is 4. The quantitative estimate of drug-likeness (QED) is 0.728. The van der Waals surface area contributed by atoms with E-state index in [1.165, 1.54) is 5.56 Å². The standard InChI is InChI=1S/C21H28N4O2.ClH/c22-18-11-16(12-20(18)26)21(27)25-8-6-15(7-9-25)19-13-17(23-24-19)10-14-4-2-1-3-5-14;/h1-5,13,15-16,18,20,26H,6-12,22H2,(H,23,24);1H/t16-,18+,20+;/m0./s1. The van der Waals surface area contributed by atoms with Crippen molar-refractivity contribution in [1.82, 2.24) is 15.1 Å². The molecule has 28 heavy (non-hydrogen) atoms. The van der Waals surface area contributed by atoms with Gasteiger partial charge in [-0.3, -0.25) is 9.89 Å². The van der Waals surface area contributed by atoms with Crippen molar-refractivity contribution in [3.05, 3.63) is 53.3 Å². The van der Waals surface area contributed by atoms with Gasteiger partial charge in [-0.25, -0.2) is 0 Å². The first-order valence-electron chi connectivity index (χ1n) is 9.90. The lowest BCUT2D eigenvalue weighted by atomic mass is 9.92. The first-order chi connectivity index (χ1) is 13.1. The predicted molar refractivity (Wildman–Crippen MR) is 110 cm³/mol. The van der Waals surface area contributed by atoms with Crippen LogP contribution in [0.15, 0.2) is 36.4 Å². The second-order valence-electron chi connectivity index (χ2n) is 7.98. The van der Waals surface area contributed by atoms with Crippen LogP contribution in [-0.2, 0) is 11.2 Å². The van der Waals surface area contributed by atoms with Crippen molar-refractivity contribution in [3.8, 4) is 0 Å². The van der Waals surface area contributed by atoms with Crippen LogP contribution in [0.1, 0.15) is 48.6 Å². The Morgan fingerprint density at radius 2 is 1.93 bits per heavy atom. The maximum Gasteiger partial charge on any atom is 0.225 e. The van der Waals surface area contributed by atoms with Gasteiger partial charge < -0.3 is 15.7 Å². The number of benzene rings is 1. The maximum absolute atomic E-state index is 12.7. The van der Waals surface area contributed by atoms with Gasteiger partial charge >= 0.3 is 0 Å². The molecule has 152 valence electrons. The summed E-state index contributed by atoms with van der Waals surface area (Å²) in [6, 6.07) is 12.3. The Kier molecular flexibility index (Phi) is 6.75. The van der Waals surface area contributed by atoms with E-state index in [2.05, 4.69) is 40.5 Å². The highest BCUT2D eigenvalue weighted by molar-refractivity contribution is 5.85. The minimum Gasteiger partial charge on any atom is -0.391 e. The Hall–Kier alpha value is -1.89. The molecule has 1 aromatic carbocycles. The highest BCUT2D eigenvalue weighted by atomic mass is 35.5. The zero-order valence-corrected chi connectivity index (χ0v) is 16.8. The van der Waals surface area contributed by atoms with Crippen LogP contribution >= 0.6 is 12.4 Å². The number of aromatic nitrogens is 2. The smallest absolute Gasteiger partial charge is 0.225 e. The Labute approximate surface area is 171 Å². The number of amides is 1. The molecule has 7 heteroatoms. The van der Waals surface area contributed by atoms with Crippen molar-refractivity contribution in [2.45, 2.75) is 50.2 Å². The fourth-order valence-corrected chi connectivity index (χ4v) is 4.40. The summed E-state index contributed by atoms with van der Waals surface area (Å²) in [7, 11) is 0. The van der Waals surface area contributed by atoms with E-state index in [0.29, 0.717) is 18.8 Å². The van der Waals surface area contributed by atoms with Crippen LogP contribution < -0.4 is 5.73 Å². The Balaban J connectivity index is 0.00000225. The summed E-state index contributed by atoms with van der Waals surface area (Å²) in [5.41, 5.74) is 9.36. The number of piperidine rings is 1. The number of rotatable bonds is 4. The van der Waals surface area contributed by atoms with E-state index in [1.807, 2.05) is 11.0 Å². The molecule has 1 aliphatic carbocycles. The summed E-state index contributed by atoms with van der Waals surface area (Å²) in [5, 5.41) is 17.5. The molecule has 2 heterocycles. The van der Waals surface area contributed by atoms with E-state index in [9.17, 15) is 9.90 Å². The third-order valence-corrected chi connectivity index (χ3v) is 6.04. The van der Waals surface area contributed by atoms with Crippen LogP contribution in [0.2, 0.25) is 0 Å². The number of carbonyl (C=O) groups is 1. The normalized spacial score (nSPS) is 25.5. The van der Waals surface area contributed by atoms with E-state index >= 15 is 0 Å². The van der Waals surface area contributed by atoms with Gasteiger partial charge in [0.25, 0.3) is 0 Å². The molecule has 1 saturated carbocycles. The Morgan fingerprint density at radius 3 is 2.57 bits per heavy atom. The molecule has 1 aliphatic heterocycles. The fraction of sp³-hybridized carbons (Fsp3) is 0.524. The van der Waals surface area contributed by atoms with E-state index < -0.39 is 6.10 Å². The molecule has 1 saturated heterocycles. The molecule has 6 nitrogen and oxygen atoms in total. The monoisotopic (exact) mass is 404 g/mol. The van der Waals surface area contributed by atoms with E-state index in [0.717, 1.165) is 43.7 Å². The first-order valence-corrected chi connectivity index (χ1v) is 9.90. The number of H-pyrrole nitrogens is 1. The molecule has 0 radical (unpaired) electrons.